The minimum absolute atomic E-state index is 0.196. The van der Waals surface area contributed by atoms with E-state index in [1.54, 1.807) is 27.4 Å². The van der Waals surface area contributed by atoms with E-state index in [2.05, 4.69) is 5.32 Å². The molecule has 0 bridgehead atoms. The topological polar surface area (TPSA) is 56.8 Å². The van der Waals surface area contributed by atoms with Crippen molar-refractivity contribution in [1.82, 2.24) is 5.32 Å². The van der Waals surface area contributed by atoms with E-state index in [0.717, 1.165) is 21.4 Å². The number of rotatable bonds is 6. The lowest BCUT2D eigenvalue weighted by atomic mass is 10.1. The highest BCUT2D eigenvalue weighted by atomic mass is 35.5. The molecule has 3 rings (SSSR count). The zero-order valence-corrected chi connectivity index (χ0v) is 17.0. The summed E-state index contributed by atoms with van der Waals surface area (Å²) in [5, 5.41) is 4.16. The van der Waals surface area contributed by atoms with Crippen LogP contribution in [0.2, 0.25) is 5.02 Å². The summed E-state index contributed by atoms with van der Waals surface area (Å²) in [6, 6.07) is 11.0. The molecule has 0 aliphatic heterocycles. The van der Waals surface area contributed by atoms with Crippen LogP contribution < -0.4 is 19.5 Å². The second-order valence-electron chi connectivity index (χ2n) is 5.92. The molecule has 2 aromatic carbocycles. The number of nitrogens with one attached hydrogen (secondary N) is 1. The molecule has 0 aliphatic rings. The first-order chi connectivity index (χ1) is 13.0. The minimum Gasteiger partial charge on any atom is -0.497 e. The summed E-state index contributed by atoms with van der Waals surface area (Å²) in [6.07, 6.45) is 0. The Morgan fingerprint density at radius 1 is 1.07 bits per heavy atom. The van der Waals surface area contributed by atoms with Crippen molar-refractivity contribution in [3.05, 3.63) is 51.9 Å². The summed E-state index contributed by atoms with van der Waals surface area (Å²) < 4.78 is 16.7. The molecule has 1 unspecified atom stereocenters. The highest BCUT2D eigenvalue weighted by Crippen LogP contribution is 2.41. The number of amides is 1. The van der Waals surface area contributed by atoms with Crippen LogP contribution in [0, 0.1) is 0 Å². The third-order valence-electron chi connectivity index (χ3n) is 4.28. The fourth-order valence-corrected chi connectivity index (χ4v) is 4.22. The molecule has 0 aliphatic carbocycles. The Bertz CT molecular complexity index is 986. The van der Waals surface area contributed by atoms with E-state index in [1.165, 1.54) is 11.3 Å². The van der Waals surface area contributed by atoms with Gasteiger partial charge in [0.2, 0.25) is 0 Å². The molecule has 7 heteroatoms. The predicted octanol–water partition coefficient (Wildman–Crippen LogP) is 5.07. The van der Waals surface area contributed by atoms with Crippen LogP contribution in [-0.4, -0.2) is 27.2 Å². The maximum atomic E-state index is 12.8. The molecule has 0 fully saturated rings. The van der Waals surface area contributed by atoms with Crippen molar-refractivity contribution >= 4 is 38.9 Å². The van der Waals surface area contributed by atoms with Gasteiger partial charge in [0.15, 0.2) is 11.5 Å². The third-order valence-corrected chi connectivity index (χ3v) is 5.94. The number of carbonyl (C=O) groups excluding carboxylic acids is 1. The van der Waals surface area contributed by atoms with Gasteiger partial charge in [0.25, 0.3) is 5.91 Å². The van der Waals surface area contributed by atoms with E-state index < -0.39 is 0 Å². The zero-order valence-electron chi connectivity index (χ0n) is 15.5. The van der Waals surface area contributed by atoms with Gasteiger partial charge in [-0.15, -0.1) is 11.3 Å². The Balaban J connectivity index is 1.90. The fourth-order valence-electron chi connectivity index (χ4n) is 2.80. The Kier molecular flexibility index (Phi) is 5.77. The van der Waals surface area contributed by atoms with Crippen molar-refractivity contribution in [1.29, 1.82) is 0 Å². The first-order valence-electron chi connectivity index (χ1n) is 8.27. The molecule has 5 nitrogen and oxygen atoms in total. The van der Waals surface area contributed by atoms with Gasteiger partial charge in [-0.3, -0.25) is 4.79 Å². The lowest BCUT2D eigenvalue weighted by molar-refractivity contribution is 0.0944. The number of ether oxygens (including phenoxy) is 3. The molecule has 1 amide bonds. The molecule has 3 aromatic rings. The number of halogens is 1. The van der Waals surface area contributed by atoms with Gasteiger partial charge in [-0.1, -0.05) is 23.7 Å². The number of carbonyl (C=O) groups is 1. The molecule has 1 N–H and O–H groups in total. The monoisotopic (exact) mass is 405 g/mol. The van der Waals surface area contributed by atoms with Crippen molar-refractivity contribution in [2.45, 2.75) is 13.0 Å². The summed E-state index contributed by atoms with van der Waals surface area (Å²) in [4.78, 5) is 13.3. The first kappa shape index (κ1) is 19.3. The van der Waals surface area contributed by atoms with E-state index in [0.29, 0.717) is 21.4 Å². The molecule has 0 radical (unpaired) electrons. The Morgan fingerprint density at radius 3 is 2.44 bits per heavy atom. The van der Waals surface area contributed by atoms with E-state index >= 15 is 0 Å². The maximum Gasteiger partial charge on any atom is 0.263 e. The fraction of sp³-hybridized carbons (Fsp3) is 0.250. The normalized spacial score (nSPS) is 11.9. The van der Waals surface area contributed by atoms with Gasteiger partial charge in [-0.25, -0.2) is 0 Å². The Hall–Kier alpha value is -2.44. The van der Waals surface area contributed by atoms with Crippen LogP contribution in [0.25, 0.3) is 10.1 Å². The number of fused-ring (bicyclic) bond motifs is 1. The molecule has 0 saturated heterocycles. The van der Waals surface area contributed by atoms with Gasteiger partial charge >= 0.3 is 0 Å². The number of hydrogen-bond acceptors (Lipinski definition) is 5. The van der Waals surface area contributed by atoms with Crippen LogP contribution >= 0.6 is 22.9 Å². The van der Waals surface area contributed by atoms with Crippen molar-refractivity contribution < 1.29 is 19.0 Å². The van der Waals surface area contributed by atoms with E-state index in [9.17, 15) is 4.79 Å². The molecule has 0 spiro atoms. The van der Waals surface area contributed by atoms with Gasteiger partial charge in [-0.05, 0) is 30.7 Å². The van der Waals surface area contributed by atoms with Crippen LogP contribution in [0.4, 0.5) is 0 Å². The van der Waals surface area contributed by atoms with Gasteiger partial charge in [0, 0.05) is 16.2 Å². The standard InChI is InChI=1S/C20H20ClNO4S/c1-11(12-6-5-7-13(8-12)24-2)22-20(23)19-18(21)14-9-15(25-3)16(26-4)10-17(14)27-19/h5-11H,1-4H3,(H,22,23). The highest BCUT2D eigenvalue weighted by molar-refractivity contribution is 7.21. The SMILES string of the molecule is COc1cccc(C(C)NC(=O)c2sc3cc(OC)c(OC)cc3c2Cl)c1. The predicted molar refractivity (Wildman–Crippen MR) is 109 cm³/mol. The van der Waals surface area contributed by atoms with Crippen LogP contribution in [0.3, 0.4) is 0 Å². The highest BCUT2D eigenvalue weighted by Gasteiger charge is 2.21. The van der Waals surface area contributed by atoms with E-state index in [4.69, 9.17) is 25.8 Å². The van der Waals surface area contributed by atoms with Gasteiger partial charge in [-0.2, -0.15) is 0 Å². The van der Waals surface area contributed by atoms with Gasteiger partial charge in [0.1, 0.15) is 10.6 Å². The van der Waals surface area contributed by atoms with Crippen LogP contribution in [-0.2, 0) is 0 Å². The smallest absolute Gasteiger partial charge is 0.263 e. The van der Waals surface area contributed by atoms with Crippen LogP contribution in [0.5, 0.6) is 17.2 Å². The van der Waals surface area contributed by atoms with Gasteiger partial charge < -0.3 is 19.5 Å². The minimum atomic E-state index is -0.227. The quantitative estimate of drug-likeness (QED) is 0.621. The van der Waals surface area contributed by atoms with E-state index in [1.807, 2.05) is 37.3 Å². The Morgan fingerprint density at radius 2 is 1.78 bits per heavy atom. The molecule has 1 atom stereocenters. The van der Waals surface area contributed by atoms with Crippen molar-refractivity contribution in [3.63, 3.8) is 0 Å². The summed E-state index contributed by atoms with van der Waals surface area (Å²) >= 11 is 7.81. The van der Waals surface area contributed by atoms with Crippen LogP contribution in [0.15, 0.2) is 36.4 Å². The maximum absolute atomic E-state index is 12.8. The van der Waals surface area contributed by atoms with E-state index in [-0.39, 0.29) is 11.9 Å². The lowest BCUT2D eigenvalue weighted by Crippen LogP contribution is -2.26. The number of methoxy groups -OCH3 is 3. The summed E-state index contributed by atoms with van der Waals surface area (Å²) in [7, 11) is 4.75. The summed E-state index contributed by atoms with van der Waals surface area (Å²) in [6.45, 7) is 1.92. The molecular weight excluding hydrogens is 386 g/mol. The van der Waals surface area contributed by atoms with Crippen molar-refractivity contribution in [2.75, 3.05) is 21.3 Å². The lowest BCUT2D eigenvalue weighted by Gasteiger charge is -2.14. The average Bonchev–Trinajstić information content (AvgIpc) is 3.02. The van der Waals surface area contributed by atoms with Crippen molar-refractivity contribution in [2.24, 2.45) is 0 Å². The zero-order chi connectivity index (χ0) is 19.6. The van der Waals surface area contributed by atoms with Crippen molar-refractivity contribution in [3.8, 4) is 17.2 Å². The molecule has 1 aromatic heterocycles. The first-order valence-corrected chi connectivity index (χ1v) is 9.46. The summed E-state index contributed by atoms with van der Waals surface area (Å²) in [5.74, 6) is 1.68. The molecule has 1 heterocycles. The van der Waals surface area contributed by atoms with Crippen LogP contribution in [0.1, 0.15) is 28.2 Å². The average molecular weight is 406 g/mol. The summed E-state index contributed by atoms with van der Waals surface area (Å²) in [5.41, 5.74) is 0.947. The second-order valence-corrected chi connectivity index (χ2v) is 7.35. The number of hydrogen-bond donors (Lipinski definition) is 1. The molecular formula is C20H20ClNO4S. The van der Waals surface area contributed by atoms with Gasteiger partial charge in [0.05, 0.1) is 32.4 Å². The third kappa shape index (κ3) is 3.82. The largest absolute Gasteiger partial charge is 0.497 e. The molecule has 0 saturated carbocycles. The molecule has 27 heavy (non-hydrogen) atoms. The number of benzene rings is 2. The number of thiophene rings is 1. The molecule has 142 valence electrons. The Labute approximate surface area is 166 Å². The second kappa shape index (κ2) is 8.06.